The maximum atomic E-state index is 10.3. The minimum Gasteiger partial charge on any atom is -0.497 e. The lowest BCUT2D eigenvalue weighted by atomic mass is 10.2. The summed E-state index contributed by atoms with van der Waals surface area (Å²) in [6.07, 6.45) is 1.17. The van der Waals surface area contributed by atoms with E-state index in [9.17, 15) is 5.11 Å². The quantitative estimate of drug-likeness (QED) is 0.524. The van der Waals surface area contributed by atoms with Crippen LogP contribution in [0.1, 0.15) is 11.3 Å². The van der Waals surface area contributed by atoms with Gasteiger partial charge in [0.15, 0.2) is 0 Å². The summed E-state index contributed by atoms with van der Waals surface area (Å²) in [7, 11) is 3.60. The van der Waals surface area contributed by atoms with Crippen LogP contribution in [0.15, 0.2) is 72.9 Å². The molecule has 2 aromatic carbocycles. The summed E-state index contributed by atoms with van der Waals surface area (Å²) >= 11 is 0. The molecule has 1 atom stereocenters. The molecule has 0 saturated heterocycles. The summed E-state index contributed by atoms with van der Waals surface area (Å²) in [4.78, 5) is 6.31. The molecule has 0 bridgehead atoms. The van der Waals surface area contributed by atoms with Crippen molar-refractivity contribution in [3.63, 3.8) is 0 Å². The number of aromatic nitrogens is 1. The topological polar surface area (TPSA) is 64.0 Å². The number of likely N-dealkylation sites (N-methyl/N-ethyl adjacent to an activating group) is 1. The maximum absolute atomic E-state index is 10.3. The van der Waals surface area contributed by atoms with Crippen LogP contribution in [0.4, 0.5) is 0 Å². The highest BCUT2D eigenvalue weighted by molar-refractivity contribution is 5.31. The Hall–Kier alpha value is -3.09. The Morgan fingerprint density at radius 3 is 2.23 bits per heavy atom. The minimum atomic E-state index is -0.585. The Kier molecular flexibility index (Phi) is 8.06. The average molecular weight is 408 g/mol. The van der Waals surface area contributed by atoms with Crippen LogP contribution in [0.5, 0.6) is 17.2 Å². The van der Waals surface area contributed by atoms with Crippen molar-refractivity contribution in [1.29, 1.82) is 0 Å². The first-order valence-electron chi connectivity index (χ1n) is 9.87. The van der Waals surface area contributed by atoms with Crippen LogP contribution in [0.2, 0.25) is 0 Å². The third-order valence-electron chi connectivity index (χ3n) is 4.51. The largest absolute Gasteiger partial charge is 0.497 e. The van der Waals surface area contributed by atoms with Gasteiger partial charge in [-0.2, -0.15) is 0 Å². The number of aliphatic hydroxyl groups excluding tert-OH is 1. The van der Waals surface area contributed by atoms with Crippen molar-refractivity contribution in [1.82, 2.24) is 9.88 Å². The molecule has 0 spiro atoms. The first kappa shape index (κ1) is 21.6. The Labute approximate surface area is 177 Å². The lowest BCUT2D eigenvalue weighted by Crippen LogP contribution is -2.32. The molecule has 0 fully saturated rings. The Balaban J connectivity index is 1.39. The maximum Gasteiger partial charge on any atom is 0.130 e. The Bertz CT molecular complexity index is 870. The molecule has 0 aliphatic heterocycles. The van der Waals surface area contributed by atoms with Gasteiger partial charge in [0.05, 0.1) is 12.8 Å². The van der Waals surface area contributed by atoms with Crippen molar-refractivity contribution in [3.8, 4) is 17.2 Å². The lowest BCUT2D eigenvalue weighted by Gasteiger charge is -2.21. The molecule has 3 rings (SSSR count). The normalized spacial score (nSPS) is 11.9. The number of rotatable bonds is 11. The summed E-state index contributed by atoms with van der Waals surface area (Å²) in [5.74, 6) is 2.29. The van der Waals surface area contributed by atoms with E-state index in [1.165, 1.54) is 0 Å². The van der Waals surface area contributed by atoms with Gasteiger partial charge in [0.25, 0.3) is 0 Å². The molecule has 1 aromatic heterocycles. The van der Waals surface area contributed by atoms with Crippen LogP contribution in [-0.2, 0) is 13.2 Å². The molecular formula is C24H28N2O4. The summed E-state index contributed by atoms with van der Waals surface area (Å²) in [6.45, 7) is 1.91. The van der Waals surface area contributed by atoms with Gasteiger partial charge in [-0.1, -0.05) is 18.2 Å². The first-order chi connectivity index (χ1) is 14.6. The number of ether oxygens (including phenoxy) is 3. The lowest BCUT2D eigenvalue weighted by molar-refractivity contribution is 0.0743. The third kappa shape index (κ3) is 7.06. The van der Waals surface area contributed by atoms with Gasteiger partial charge >= 0.3 is 0 Å². The van der Waals surface area contributed by atoms with E-state index < -0.39 is 6.10 Å². The van der Waals surface area contributed by atoms with Gasteiger partial charge in [0, 0.05) is 19.3 Å². The molecule has 0 aliphatic rings. The SMILES string of the molecule is COc1ccc(OC[C@@H](O)CN(C)Cc2ccc(OCc3ccccn3)cc2)cc1. The van der Waals surface area contributed by atoms with Gasteiger partial charge in [-0.15, -0.1) is 0 Å². The Morgan fingerprint density at radius 1 is 0.900 bits per heavy atom. The molecule has 158 valence electrons. The fourth-order valence-electron chi connectivity index (χ4n) is 2.98. The van der Waals surface area contributed by atoms with Crippen molar-refractivity contribution in [2.24, 2.45) is 0 Å². The number of hydrogen-bond acceptors (Lipinski definition) is 6. The van der Waals surface area contributed by atoms with Crippen LogP contribution >= 0.6 is 0 Å². The predicted molar refractivity (Wildman–Crippen MR) is 116 cm³/mol. The molecule has 0 amide bonds. The van der Waals surface area contributed by atoms with Crippen molar-refractivity contribution >= 4 is 0 Å². The summed E-state index contributed by atoms with van der Waals surface area (Å²) in [5.41, 5.74) is 2.04. The van der Waals surface area contributed by atoms with E-state index in [1.54, 1.807) is 13.3 Å². The minimum absolute atomic E-state index is 0.233. The second kappa shape index (κ2) is 11.2. The van der Waals surface area contributed by atoms with E-state index in [0.717, 1.165) is 29.3 Å². The molecule has 0 aliphatic carbocycles. The van der Waals surface area contributed by atoms with Gasteiger partial charge in [-0.05, 0) is 61.1 Å². The first-order valence-corrected chi connectivity index (χ1v) is 9.87. The van der Waals surface area contributed by atoms with E-state index >= 15 is 0 Å². The zero-order valence-corrected chi connectivity index (χ0v) is 17.4. The highest BCUT2D eigenvalue weighted by atomic mass is 16.5. The molecule has 3 aromatic rings. The molecule has 1 heterocycles. The van der Waals surface area contributed by atoms with Crippen LogP contribution < -0.4 is 14.2 Å². The number of methoxy groups -OCH3 is 1. The summed E-state index contributed by atoms with van der Waals surface area (Å²) in [5, 5.41) is 10.3. The molecule has 0 radical (unpaired) electrons. The molecule has 1 N–H and O–H groups in total. The van der Waals surface area contributed by atoms with Crippen molar-refractivity contribution < 1.29 is 19.3 Å². The van der Waals surface area contributed by atoms with E-state index in [4.69, 9.17) is 14.2 Å². The van der Waals surface area contributed by atoms with E-state index in [0.29, 0.717) is 18.9 Å². The predicted octanol–water partition coefficient (Wildman–Crippen LogP) is 3.54. The molecule has 0 saturated carbocycles. The van der Waals surface area contributed by atoms with E-state index in [-0.39, 0.29) is 6.61 Å². The monoisotopic (exact) mass is 408 g/mol. The van der Waals surface area contributed by atoms with Crippen LogP contribution in [0.25, 0.3) is 0 Å². The van der Waals surface area contributed by atoms with Crippen LogP contribution in [-0.4, -0.2) is 48.4 Å². The zero-order valence-electron chi connectivity index (χ0n) is 17.4. The average Bonchev–Trinajstić information content (AvgIpc) is 2.78. The number of nitrogens with zero attached hydrogens (tertiary/aromatic N) is 2. The Morgan fingerprint density at radius 2 is 1.57 bits per heavy atom. The number of hydrogen-bond donors (Lipinski definition) is 1. The van der Waals surface area contributed by atoms with Crippen LogP contribution in [0, 0.1) is 0 Å². The fourth-order valence-corrected chi connectivity index (χ4v) is 2.98. The summed E-state index contributed by atoms with van der Waals surface area (Å²) in [6, 6.07) is 21.1. The molecule has 0 unspecified atom stereocenters. The van der Waals surface area contributed by atoms with Gasteiger partial charge < -0.3 is 19.3 Å². The standard InChI is InChI=1S/C24H28N2O4/c1-26(16-21(27)18-30-24-12-10-22(28-2)11-13-24)15-19-6-8-23(9-7-19)29-17-20-5-3-4-14-25-20/h3-14,21,27H,15-18H2,1-2H3/t21-/m0/s1. The number of pyridine rings is 1. The third-order valence-corrected chi connectivity index (χ3v) is 4.51. The number of aliphatic hydroxyl groups is 1. The molecule has 6 nitrogen and oxygen atoms in total. The van der Waals surface area contributed by atoms with Gasteiger partial charge in [-0.3, -0.25) is 9.88 Å². The second-order valence-electron chi connectivity index (χ2n) is 7.09. The zero-order chi connectivity index (χ0) is 21.2. The van der Waals surface area contributed by atoms with Crippen molar-refractivity contribution in [3.05, 3.63) is 84.2 Å². The van der Waals surface area contributed by atoms with E-state index in [2.05, 4.69) is 9.88 Å². The highest BCUT2D eigenvalue weighted by Crippen LogP contribution is 2.17. The smallest absolute Gasteiger partial charge is 0.130 e. The van der Waals surface area contributed by atoms with Gasteiger partial charge in [0.1, 0.15) is 36.6 Å². The van der Waals surface area contributed by atoms with Gasteiger partial charge in [0.2, 0.25) is 0 Å². The van der Waals surface area contributed by atoms with E-state index in [1.807, 2.05) is 73.8 Å². The number of benzene rings is 2. The molecule has 6 heteroatoms. The summed E-state index contributed by atoms with van der Waals surface area (Å²) < 4.78 is 16.5. The van der Waals surface area contributed by atoms with Crippen molar-refractivity contribution in [2.75, 3.05) is 27.3 Å². The second-order valence-corrected chi connectivity index (χ2v) is 7.09. The fraction of sp³-hybridized carbons (Fsp3) is 0.292. The van der Waals surface area contributed by atoms with Crippen molar-refractivity contribution in [2.45, 2.75) is 19.3 Å². The highest BCUT2D eigenvalue weighted by Gasteiger charge is 2.10. The van der Waals surface area contributed by atoms with Crippen LogP contribution in [0.3, 0.4) is 0 Å². The molecule has 30 heavy (non-hydrogen) atoms. The molecular weight excluding hydrogens is 380 g/mol. The van der Waals surface area contributed by atoms with Gasteiger partial charge in [-0.25, -0.2) is 0 Å².